The molecule has 1 aromatic heterocycles. The van der Waals surface area contributed by atoms with Gasteiger partial charge in [0.2, 0.25) is 5.91 Å². The zero-order valence-corrected chi connectivity index (χ0v) is 22.7. The second-order valence-corrected chi connectivity index (χ2v) is 10.9. The molecule has 2 aliphatic rings. The molecule has 1 unspecified atom stereocenters. The van der Waals surface area contributed by atoms with Crippen molar-refractivity contribution in [1.82, 2.24) is 9.88 Å². The zero-order chi connectivity index (χ0) is 27.3. The maximum absolute atomic E-state index is 13.6. The molecule has 9 heteroatoms. The number of amides is 3. The summed E-state index contributed by atoms with van der Waals surface area (Å²) in [6.45, 7) is 2.05. The zero-order valence-electron chi connectivity index (χ0n) is 21.8. The average Bonchev–Trinajstić information content (AvgIpc) is 3.62. The van der Waals surface area contributed by atoms with E-state index in [4.69, 9.17) is 14.5 Å². The first kappa shape index (κ1) is 25.1. The van der Waals surface area contributed by atoms with Crippen LogP contribution < -0.4 is 14.4 Å². The van der Waals surface area contributed by atoms with Crippen molar-refractivity contribution < 1.29 is 23.9 Å². The number of rotatable bonds is 7. The Labute approximate surface area is 229 Å². The molecule has 2 heterocycles. The summed E-state index contributed by atoms with van der Waals surface area (Å²) >= 11 is 1.60. The quantitative estimate of drug-likeness (QED) is 0.298. The topological polar surface area (TPSA) is 89.0 Å². The summed E-state index contributed by atoms with van der Waals surface area (Å²) in [6.07, 6.45) is 1.55. The van der Waals surface area contributed by atoms with Crippen LogP contribution in [0.15, 0.2) is 60.7 Å². The van der Waals surface area contributed by atoms with Gasteiger partial charge in [-0.15, -0.1) is 11.3 Å². The molecule has 39 heavy (non-hydrogen) atoms. The van der Waals surface area contributed by atoms with E-state index in [-0.39, 0.29) is 30.2 Å². The molecule has 3 amide bonds. The highest BCUT2D eigenvalue weighted by Crippen LogP contribution is 2.37. The highest BCUT2D eigenvalue weighted by atomic mass is 32.1. The van der Waals surface area contributed by atoms with Crippen LogP contribution in [0.5, 0.6) is 11.5 Å². The number of carbonyl (C=O) groups excluding carboxylic acids is 3. The summed E-state index contributed by atoms with van der Waals surface area (Å²) in [7, 11) is 3.03. The van der Waals surface area contributed by atoms with Crippen LogP contribution in [-0.4, -0.2) is 53.9 Å². The minimum absolute atomic E-state index is 0.0483. The van der Waals surface area contributed by atoms with Crippen LogP contribution in [-0.2, 0) is 9.59 Å². The van der Waals surface area contributed by atoms with Gasteiger partial charge in [-0.3, -0.25) is 14.4 Å². The average molecular weight is 542 g/mol. The Morgan fingerprint density at radius 1 is 0.974 bits per heavy atom. The van der Waals surface area contributed by atoms with Gasteiger partial charge < -0.3 is 14.4 Å². The highest BCUT2D eigenvalue weighted by Gasteiger charge is 2.49. The largest absolute Gasteiger partial charge is 0.493 e. The van der Waals surface area contributed by atoms with Crippen LogP contribution >= 0.6 is 11.3 Å². The van der Waals surface area contributed by atoms with Gasteiger partial charge in [0.15, 0.2) is 11.5 Å². The van der Waals surface area contributed by atoms with E-state index in [0.717, 1.165) is 33.6 Å². The lowest BCUT2D eigenvalue weighted by Crippen LogP contribution is -2.46. The third-order valence-corrected chi connectivity index (χ3v) is 8.25. The van der Waals surface area contributed by atoms with Gasteiger partial charge in [0.25, 0.3) is 11.8 Å². The number of aryl methyl sites for hydroxylation is 1. The molecule has 1 saturated carbocycles. The maximum atomic E-state index is 13.6. The lowest BCUT2D eigenvalue weighted by Gasteiger charge is -2.28. The van der Waals surface area contributed by atoms with E-state index in [1.54, 1.807) is 46.6 Å². The number of hydrogen-bond donors (Lipinski definition) is 0. The molecule has 0 spiro atoms. The van der Waals surface area contributed by atoms with Gasteiger partial charge >= 0.3 is 0 Å². The maximum Gasteiger partial charge on any atom is 0.257 e. The van der Waals surface area contributed by atoms with Crippen LogP contribution in [0, 0.1) is 6.92 Å². The van der Waals surface area contributed by atoms with Crippen molar-refractivity contribution in [2.24, 2.45) is 0 Å². The fourth-order valence-electron chi connectivity index (χ4n) is 5.05. The Morgan fingerprint density at radius 2 is 1.72 bits per heavy atom. The molecule has 4 aromatic rings. The van der Waals surface area contributed by atoms with E-state index >= 15 is 0 Å². The summed E-state index contributed by atoms with van der Waals surface area (Å²) in [6, 6.07) is 17.5. The Morgan fingerprint density at radius 3 is 2.41 bits per heavy atom. The fourth-order valence-corrected chi connectivity index (χ4v) is 6.12. The van der Waals surface area contributed by atoms with E-state index < -0.39 is 6.04 Å². The number of carbonyl (C=O) groups is 3. The molecule has 0 N–H and O–H groups in total. The number of benzene rings is 3. The van der Waals surface area contributed by atoms with Crippen molar-refractivity contribution in [3.63, 3.8) is 0 Å². The van der Waals surface area contributed by atoms with Gasteiger partial charge in [-0.25, -0.2) is 9.88 Å². The third-order valence-electron chi connectivity index (χ3n) is 7.18. The van der Waals surface area contributed by atoms with Crippen molar-refractivity contribution >= 4 is 45.0 Å². The number of methoxy groups -OCH3 is 2. The Kier molecular flexibility index (Phi) is 6.31. The number of ether oxygens (including phenoxy) is 2. The monoisotopic (exact) mass is 541 g/mol. The van der Waals surface area contributed by atoms with E-state index in [1.165, 1.54) is 24.7 Å². The molecule has 1 atom stereocenters. The molecule has 1 aliphatic heterocycles. The van der Waals surface area contributed by atoms with Crippen molar-refractivity contribution in [3.8, 4) is 22.1 Å². The first-order valence-electron chi connectivity index (χ1n) is 12.8. The lowest BCUT2D eigenvalue weighted by atomic mass is 10.1. The van der Waals surface area contributed by atoms with Gasteiger partial charge in [-0.2, -0.15) is 0 Å². The summed E-state index contributed by atoms with van der Waals surface area (Å²) in [4.78, 5) is 47.8. The molecule has 1 aliphatic carbocycles. The smallest absolute Gasteiger partial charge is 0.257 e. The first-order chi connectivity index (χ1) is 18.9. The second kappa shape index (κ2) is 9.81. The number of imide groups is 1. The van der Waals surface area contributed by atoms with E-state index in [9.17, 15) is 14.4 Å². The Bertz CT molecular complexity index is 1610. The molecule has 2 fully saturated rings. The van der Waals surface area contributed by atoms with Crippen LogP contribution in [0.1, 0.15) is 35.2 Å². The van der Waals surface area contributed by atoms with Crippen molar-refractivity contribution in [1.29, 1.82) is 0 Å². The van der Waals surface area contributed by atoms with E-state index in [1.807, 2.05) is 24.3 Å². The molecule has 0 radical (unpaired) electrons. The van der Waals surface area contributed by atoms with Crippen LogP contribution in [0.3, 0.4) is 0 Å². The number of aromatic nitrogens is 1. The number of thiazole rings is 1. The molecule has 8 nitrogen and oxygen atoms in total. The van der Waals surface area contributed by atoms with Gasteiger partial charge in [-0.05, 0) is 79.9 Å². The number of nitrogens with zero attached hydrogens (tertiary/aromatic N) is 3. The molecular formula is C30H27N3O5S. The van der Waals surface area contributed by atoms with Crippen LogP contribution in [0.4, 0.5) is 5.69 Å². The minimum atomic E-state index is -0.849. The second-order valence-electron chi connectivity index (χ2n) is 9.84. The first-order valence-corrected chi connectivity index (χ1v) is 13.6. The van der Waals surface area contributed by atoms with Crippen LogP contribution in [0.2, 0.25) is 0 Å². The highest BCUT2D eigenvalue weighted by molar-refractivity contribution is 7.21. The van der Waals surface area contributed by atoms with Crippen LogP contribution in [0.25, 0.3) is 20.8 Å². The summed E-state index contributed by atoms with van der Waals surface area (Å²) in [5.41, 5.74) is 3.91. The molecule has 0 bridgehead atoms. The van der Waals surface area contributed by atoms with Crippen molar-refractivity contribution in [2.45, 2.75) is 38.3 Å². The van der Waals surface area contributed by atoms with Gasteiger partial charge in [0.1, 0.15) is 11.0 Å². The molecule has 198 valence electrons. The molecular weight excluding hydrogens is 514 g/mol. The van der Waals surface area contributed by atoms with E-state index in [2.05, 4.69) is 13.0 Å². The molecule has 6 rings (SSSR count). The van der Waals surface area contributed by atoms with Gasteiger partial charge in [0.05, 0.1) is 36.5 Å². The number of fused-ring (bicyclic) bond motifs is 1. The summed E-state index contributed by atoms with van der Waals surface area (Å²) in [5.74, 6) is -0.0663. The minimum Gasteiger partial charge on any atom is -0.493 e. The Balaban J connectivity index is 1.25. The molecule has 3 aromatic carbocycles. The fraction of sp³-hybridized carbons (Fsp3) is 0.267. The summed E-state index contributed by atoms with van der Waals surface area (Å²) < 4.78 is 11.8. The predicted octanol–water partition coefficient (Wildman–Crippen LogP) is 5.23. The Hall–Kier alpha value is -4.24. The summed E-state index contributed by atoms with van der Waals surface area (Å²) in [5, 5.41) is 0.875. The SMILES string of the molecule is COc1ccc(C(=O)N(C2CC2)C2CC(=O)N(c3ccc(-c4nc5ccc(C)cc5s4)cc3)C2=O)cc1OC. The van der Waals surface area contributed by atoms with Crippen molar-refractivity contribution in [3.05, 3.63) is 71.8 Å². The van der Waals surface area contributed by atoms with Gasteiger partial charge in [-0.1, -0.05) is 6.07 Å². The van der Waals surface area contributed by atoms with Crippen molar-refractivity contribution in [2.75, 3.05) is 19.1 Å². The molecule has 1 saturated heterocycles. The standard InChI is InChI=1S/C30H27N3O5S/c1-17-4-12-22-26(14-17)39-28(31-22)18-5-8-21(9-6-18)33-27(34)16-23(30(33)36)32(20-10-11-20)29(35)19-7-13-24(37-2)25(15-19)38-3/h4-9,12-15,20,23H,10-11,16H2,1-3H3. The number of hydrogen-bond acceptors (Lipinski definition) is 7. The third kappa shape index (κ3) is 4.52. The lowest BCUT2D eigenvalue weighted by molar-refractivity contribution is -0.122. The predicted molar refractivity (Wildman–Crippen MR) is 149 cm³/mol. The normalized spacial score (nSPS) is 17.1. The number of anilines is 1. The van der Waals surface area contributed by atoms with E-state index in [0.29, 0.717) is 22.7 Å². The van der Waals surface area contributed by atoms with Gasteiger partial charge in [0, 0.05) is 17.2 Å².